The molecule has 1 rings (SSSR count). The molecule has 0 unspecified atom stereocenters. The molecule has 2 N–H and O–H groups in total. The average molecular weight is 189 g/mol. The van der Waals surface area contributed by atoms with Crippen molar-refractivity contribution in [2.24, 2.45) is 0 Å². The molecule has 0 aliphatic rings. The van der Waals surface area contributed by atoms with Crippen molar-refractivity contribution in [3.05, 3.63) is 22.9 Å². The summed E-state index contributed by atoms with van der Waals surface area (Å²) in [5.41, 5.74) is 7.96. The molecule has 0 aliphatic heterocycles. The van der Waals surface area contributed by atoms with Crippen molar-refractivity contribution in [1.29, 1.82) is 5.26 Å². The molecule has 0 atom stereocenters. The van der Waals surface area contributed by atoms with Gasteiger partial charge in [0.15, 0.2) is 0 Å². The van der Waals surface area contributed by atoms with Gasteiger partial charge in [0.05, 0.1) is 5.56 Å². The number of aryl methyl sites for hydroxylation is 1. The maximum atomic E-state index is 8.82. The molecule has 1 heterocycles. The number of nitrogens with zero attached hydrogens (tertiary/aromatic N) is 2. The third-order valence-electron chi connectivity index (χ3n) is 2.12. The maximum absolute atomic E-state index is 8.82. The Kier molecular flexibility index (Phi) is 2.48. The quantitative estimate of drug-likeness (QED) is 0.680. The zero-order chi connectivity index (χ0) is 10.9. The molecular formula is C11H15N3. The Labute approximate surface area is 84.6 Å². The predicted molar refractivity (Wildman–Crippen MR) is 56.8 cm³/mol. The van der Waals surface area contributed by atoms with Gasteiger partial charge in [-0.05, 0) is 18.6 Å². The predicted octanol–water partition coefficient (Wildman–Crippen LogP) is 2.14. The van der Waals surface area contributed by atoms with Crippen LogP contribution in [0.4, 0.5) is 5.82 Å². The van der Waals surface area contributed by atoms with Crippen molar-refractivity contribution in [1.82, 2.24) is 4.98 Å². The van der Waals surface area contributed by atoms with Crippen LogP contribution >= 0.6 is 0 Å². The Bertz CT molecular complexity index is 371. The van der Waals surface area contributed by atoms with Crippen LogP contribution in [0.25, 0.3) is 0 Å². The number of rotatable bonds is 0. The van der Waals surface area contributed by atoms with Crippen molar-refractivity contribution in [3.63, 3.8) is 0 Å². The topological polar surface area (TPSA) is 62.7 Å². The van der Waals surface area contributed by atoms with Crippen LogP contribution < -0.4 is 5.73 Å². The Hall–Kier alpha value is -1.56. The highest BCUT2D eigenvalue weighted by molar-refractivity contribution is 5.53. The molecule has 0 saturated carbocycles. The molecule has 0 saturated heterocycles. The maximum Gasteiger partial charge on any atom is 0.141 e. The van der Waals surface area contributed by atoms with E-state index in [0.717, 1.165) is 11.3 Å². The highest BCUT2D eigenvalue weighted by Crippen LogP contribution is 2.24. The van der Waals surface area contributed by atoms with Crippen LogP contribution in [-0.4, -0.2) is 4.98 Å². The first-order chi connectivity index (χ1) is 6.36. The summed E-state index contributed by atoms with van der Waals surface area (Å²) in [5, 5.41) is 8.82. The summed E-state index contributed by atoms with van der Waals surface area (Å²) in [6.07, 6.45) is 0. The summed E-state index contributed by atoms with van der Waals surface area (Å²) in [4.78, 5) is 4.23. The lowest BCUT2D eigenvalue weighted by Gasteiger charge is -2.19. The molecule has 0 amide bonds. The Morgan fingerprint density at radius 3 is 2.36 bits per heavy atom. The largest absolute Gasteiger partial charge is 0.383 e. The zero-order valence-corrected chi connectivity index (χ0v) is 9.05. The molecule has 1 aromatic rings. The van der Waals surface area contributed by atoms with Crippen LogP contribution in [0.5, 0.6) is 0 Å². The fourth-order valence-electron chi connectivity index (χ4n) is 1.23. The smallest absolute Gasteiger partial charge is 0.141 e. The van der Waals surface area contributed by atoms with Crippen LogP contribution in [0.15, 0.2) is 6.07 Å². The lowest BCUT2D eigenvalue weighted by Crippen LogP contribution is -2.15. The van der Waals surface area contributed by atoms with Gasteiger partial charge in [-0.3, -0.25) is 0 Å². The molecular weight excluding hydrogens is 174 g/mol. The number of hydrogen-bond donors (Lipinski definition) is 1. The molecule has 0 bridgehead atoms. The fourth-order valence-corrected chi connectivity index (χ4v) is 1.23. The van der Waals surface area contributed by atoms with E-state index in [0.29, 0.717) is 11.4 Å². The summed E-state index contributed by atoms with van der Waals surface area (Å²) in [5.74, 6) is 0.331. The first-order valence-corrected chi connectivity index (χ1v) is 4.54. The average Bonchev–Trinajstić information content (AvgIpc) is 2.01. The Balaban J connectivity index is 3.37. The van der Waals surface area contributed by atoms with Gasteiger partial charge >= 0.3 is 0 Å². The zero-order valence-electron chi connectivity index (χ0n) is 9.05. The molecule has 3 heteroatoms. The summed E-state index contributed by atoms with van der Waals surface area (Å²) in [6, 6.07) is 3.98. The van der Waals surface area contributed by atoms with Gasteiger partial charge in [0, 0.05) is 11.1 Å². The molecule has 74 valence electrons. The van der Waals surface area contributed by atoms with E-state index in [-0.39, 0.29) is 5.41 Å². The number of nitrogen functional groups attached to an aromatic ring is 1. The normalized spacial score (nSPS) is 11.1. The second-order valence-corrected chi connectivity index (χ2v) is 4.45. The van der Waals surface area contributed by atoms with Gasteiger partial charge in [0.2, 0.25) is 0 Å². The molecule has 14 heavy (non-hydrogen) atoms. The van der Waals surface area contributed by atoms with Gasteiger partial charge in [-0.15, -0.1) is 0 Å². The number of hydrogen-bond acceptors (Lipinski definition) is 3. The molecule has 1 aromatic heterocycles. The van der Waals surface area contributed by atoms with Crippen molar-refractivity contribution in [2.75, 3.05) is 5.73 Å². The van der Waals surface area contributed by atoms with Crippen molar-refractivity contribution < 1.29 is 0 Å². The minimum atomic E-state index is -0.0349. The van der Waals surface area contributed by atoms with Crippen LogP contribution in [0, 0.1) is 18.3 Å². The van der Waals surface area contributed by atoms with Gasteiger partial charge in [-0.25, -0.2) is 4.98 Å². The monoisotopic (exact) mass is 189 g/mol. The second-order valence-electron chi connectivity index (χ2n) is 4.45. The van der Waals surface area contributed by atoms with E-state index in [9.17, 15) is 0 Å². The number of aromatic nitrogens is 1. The molecule has 0 aromatic carbocycles. The van der Waals surface area contributed by atoms with Crippen molar-refractivity contribution in [3.8, 4) is 6.07 Å². The lowest BCUT2D eigenvalue weighted by atomic mass is 9.90. The van der Waals surface area contributed by atoms with E-state index in [1.807, 2.05) is 13.0 Å². The van der Waals surface area contributed by atoms with Crippen molar-refractivity contribution in [2.45, 2.75) is 33.1 Å². The van der Waals surface area contributed by atoms with Gasteiger partial charge in [-0.1, -0.05) is 20.8 Å². The van der Waals surface area contributed by atoms with Crippen LogP contribution in [0.2, 0.25) is 0 Å². The third kappa shape index (κ3) is 1.85. The van der Waals surface area contributed by atoms with E-state index in [2.05, 4.69) is 31.8 Å². The number of nitrogens with two attached hydrogens (primary N) is 1. The summed E-state index contributed by atoms with van der Waals surface area (Å²) >= 11 is 0. The summed E-state index contributed by atoms with van der Waals surface area (Å²) in [7, 11) is 0. The van der Waals surface area contributed by atoms with E-state index in [4.69, 9.17) is 11.0 Å². The van der Waals surface area contributed by atoms with Crippen LogP contribution in [0.3, 0.4) is 0 Å². The number of anilines is 1. The van der Waals surface area contributed by atoms with Crippen LogP contribution in [-0.2, 0) is 5.41 Å². The standard InChI is InChI=1S/C11H15N3/c1-7-5-9(11(2,3)4)14-10(13)8(7)6-12/h5H,1-4H3,(H2,13,14). The van der Waals surface area contributed by atoms with Gasteiger partial charge < -0.3 is 5.73 Å². The molecule has 0 radical (unpaired) electrons. The van der Waals surface area contributed by atoms with E-state index >= 15 is 0 Å². The summed E-state index contributed by atoms with van der Waals surface area (Å²) in [6.45, 7) is 8.09. The lowest BCUT2D eigenvalue weighted by molar-refractivity contribution is 0.569. The molecule has 0 spiro atoms. The van der Waals surface area contributed by atoms with Gasteiger partial charge in [0.25, 0.3) is 0 Å². The Morgan fingerprint density at radius 1 is 1.43 bits per heavy atom. The highest BCUT2D eigenvalue weighted by atomic mass is 14.9. The van der Waals surface area contributed by atoms with Gasteiger partial charge in [0.1, 0.15) is 11.9 Å². The summed E-state index contributed by atoms with van der Waals surface area (Å²) < 4.78 is 0. The minimum absolute atomic E-state index is 0.0349. The second kappa shape index (κ2) is 3.30. The van der Waals surface area contributed by atoms with Gasteiger partial charge in [-0.2, -0.15) is 5.26 Å². The Morgan fingerprint density at radius 2 is 2.00 bits per heavy atom. The van der Waals surface area contributed by atoms with E-state index in [1.54, 1.807) is 0 Å². The SMILES string of the molecule is Cc1cc(C(C)(C)C)nc(N)c1C#N. The first-order valence-electron chi connectivity index (χ1n) is 4.54. The molecule has 0 aliphatic carbocycles. The fraction of sp³-hybridized carbons (Fsp3) is 0.455. The van der Waals surface area contributed by atoms with Crippen molar-refractivity contribution >= 4 is 5.82 Å². The molecule has 0 fully saturated rings. The first kappa shape index (κ1) is 10.5. The number of pyridine rings is 1. The van der Waals surface area contributed by atoms with E-state index < -0.39 is 0 Å². The highest BCUT2D eigenvalue weighted by Gasteiger charge is 2.18. The van der Waals surface area contributed by atoms with Crippen LogP contribution in [0.1, 0.15) is 37.6 Å². The minimum Gasteiger partial charge on any atom is -0.383 e. The third-order valence-corrected chi connectivity index (χ3v) is 2.12. The molecule has 3 nitrogen and oxygen atoms in total. The van der Waals surface area contributed by atoms with E-state index in [1.165, 1.54) is 0 Å². The number of nitriles is 1.